The van der Waals surface area contributed by atoms with Crippen molar-refractivity contribution < 1.29 is 9.53 Å². The fourth-order valence-electron chi connectivity index (χ4n) is 3.14. The second-order valence-corrected chi connectivity index (χ2v) is 6.26. The summed E-state index contributed by atoms with van der Waals surface area (Å²) in [5, 5.41) is 4.13. The van der Waals surface area contributed by atoms with Gasteiger partial charge in [-0.25, -0.2) is 5.43 Å². The van der Waals surface area contributed by atoms with Crippen LogP contribution >= 0.6 is 0 Å². The van der Waals surface area contributed by atoms with Crippen molar-refractivity contribution in [3.05, 3.63) is 89.2 Å². The molecule has 0 saturated heterocycles. The lowest BCUT2D eigenvalue weighted by Gasteiger charge is -2.13. The molecule has 3 aromatic rings. The van der Waals surface area contributed by atoms with E-state index in [1.54, 1.807) is 6.21 Å². The zero-order chi connectivity index (χ0) is 19.2. The number of aryl methyl sites for hydroxylation is 1. The van der Waals surface area contributed by atoms with Crippen LogP contribution in [-0.2, 0) is 9.53 Å². The molecule has 1 heterocycles. The Labute approximate surface area is 159 Å². The second kappa shape index (κ2) is 8.47. The summed E-state index contributed by atoms with van der Waals surface area (Å²) in [6.45, 7) is 4.08. The molecule has 0 aliphatic rings. The fourth-order valence-corrected chi connectivity index (χ4v) is 3.14. The fraction of sp³-hybridized carbons (Fsp3) is 0.182. The molecular weight excluding hydrogens is 338 g/mol. The maximum atomic E-state index is 12.4. The number of rotatable bonds is 6. The molecule has 3 rings (SSSR count). The maximum Gasteiger partial charge on any atom is 0.273 e. The van der Waals surface area contributed by atoms with Crippen LogP contribution in [0.4, 0.5) is 0 Å². The van der Waals surface area contributed by atoms with Gasteiger partial charge in [-0.2, -0.15) is 5.10 Å². The molecule has 0 aliphatic carbocycles. The van der Waals surface area contributed by atoms with E-state index >= 15 is 0 Å². The zero-order valence-electron chi connectivity index (χ0n) is 15.7. The van der Waals surface area contributed by atoms with Crippen molar-refractivity contribution in [2.75, 3.05) is 7.11 Å². The van der Waals surface area contributed by atoms with Crippen LogP contribution in [0, 0.1) is 13.8 Å². The summed E-state index contributed by atoms with van der Waals surface area (Å²) in [6, 6.07) is 21.5. The van der Waals surface area contributed by atoms with E-state index in [4.69, 9.17) is 4.74 Å². The zero-order valence-corrected chi connectivity index (χ0v) is 15.7. The van der Waals surface area contributed by atoms with Crippen molar-refractivity contribution in [1.82, 2.24) is 9.99 Å². The van der Waals surface area contributed by atoms with Gasteiger partial charge in [-0.15, -0.1) is 0 Å². The molecule has 5 heteroatoms. The Morgan fingerprint density at radius 2 is 1.70 bits per heavy atom. The highest BCUT2D eigenvalue weighted by Crippen LogP contribution is 2.19. The Hall–Kier alpha value is -3.18. The Morgan fingerprint density at radius 1 is 1.07 bits per heavy atom. The van der Waals surface area contributed by atoms with Gasteiger partial charge in [0.2, 0.25) is 0 Å². The number of hydrogen-bond acceptors (Lipinski definition) is 3. The molecule has 0 bridgehead atoms. The Kier molecular flexibility index (Phi) is 5.84. The third kappa shape index (κ3) is 4.15. The lowest BCUT2D eigenvalue weighted by atomic mass is 10.1. The molecule has 0 unspecified atom stereocenters. The van der Waals surface area contributed by atoms with Gasteiger partial charge in [0.1, 0.15) is 0 Å². The van der Waals surface area contributed by atoms with Gasteiger partial charge in [-0.05, 0) is 37.6 Å². The van der Waals surface area contributed by atoms with E-state index in [9.17, 15) is 4.79 Å². The van der Waals surface area contributed by atoms with Gasteiger partial charge in [0, 0.05) is 29.7 Å². The van der Waals surface area contributed by atoms with E-state index in [0.717, 1.165) is 28.2 Å². The summed E-state index contributed by atoms with van der Waals surface area (Å²) in [5.74, 6) is -0.309. The first kappa shape index (κ1) is 18.6. The van der Waals surface area contributed by atoms with Gasteiger partial charge < -0.3 is 9.30 Å². The van der Waals surface area contributed by atoms with Crippen LogP contribution in [-0.4, -0.2) is 23.8 Å². The smallest absolute Gasteiger partial charge is 0.273 e. The Balaban J connectivity index is 1.74. The van der Waals surface area contributed by atoms with Crippen LogP contribution in [0.5, 0.6) is 0 Å². The van der Waals surface area contributed by atoms with E-state index in [1.807, 2.05) is 68.4 Å². The molecule has 2 aromatic carbocycles. The summed E-state index contributed by atoms with van der Waals surface area (Å²) in [4.78, 5) is 12.4. The quantitative estimate of drug-likeness (QED) is 0.534. The molecule has 1 atom stereocenters. The van der Waals surface area contributed by atoms with E-state index in [2.05, 4.69) is 27.2 Å². The topological polar surface area (TPSA) is 55.6 Å². The number of benzene rings is 2. The highest BCUT2D eigenvalue weighted by atomic mass is 16.5. The number of methoxy groups -OCH3 is 1. The minimum absolute atomic E-state index is 0.309. The normalized spacial score (nSPS) is 12.3. The van der Waals surface area contributed by atoms with Gasteiger partial charge in [0.05, 0.1) is 6.21 Å². The molecular formula is C22H23N3O2. The van der Waals surface area contributed by atoms with Gasteiger partial charge in [0.15, 0.2) is 6.10 Å². The van der Waals surface area contributed by atoms with E-state index in [-0.39, 0.29) is 5.91 Å². The molecule has 138 valence electrons. The minimum Gasteiger partial charge on any atom is -0.367 e. The molecule has 0 saturated carbocycles. The lowest BCUT2D eigenvalue weighted by molar-refractivity contribution is -0.131. The molecule has 1 N–H and O–H groups in total. The molecule has 27 heavy (non-hydrogen) atoms. The van der Waals surface area contributed by atoms with Gasteiger partial charge in [-0.3, -0.25) is 4.79 Å². The van der Waals surface area contributed by atoms with Gasteiger partial charge in [-0.1, -0.05) is 48.5 Å². The van der Waals surface area contributed by atoms with Crippen LogP contribution in [0.3, 0.4) is 0 Å². The molecule has 0 fully saturated rings. The number of aromatic nitrogens is 1. The lowest BCUT2D eigenvalue weighted by Crippen LogP contribution is -2.26. The number of para-hydroxylation sites is 1. The van der Waals surface area contributed by atoms with Crippen LogP contribution in [0.1, 0.15) is 28.6 Å². The predicted molar refractivity (Wildman–Crippen MR) is 107 cm³/mol. The van der Waals surface area contributed by atoms with Crippen molar-refractivity contribution in [2.45, 2.75) is 20.0 Å². The van der Waals surface area contributed by atoms with Gasteiger partial charge >= 0.3 is 0 Å². The Morgan fingerprint density at radius 3 is 2.33 bits per heavy atom. The first-order valence-electron chi connectivity index (χ1n) is 8.77. The van der Waals surface area contributed by atoms with Crippen molar-refractivity contribution >= 4 is 12.1 Å². The number of amides is 1. The maximum absolute atomic E-state index is 12.4. The largest absolute Gasteiger partial charge is 0.367 e. The summed E-state index contributed by atoms with van der Waals surface area (Å²) < 4.78 is 7.47. The summed E-state index contributed by atoms with van der Waals surface area (Å²) in [6.07, 6.45) is 0.970. The predicted octanol–water partition coefficient (Wildman–Crippen LogP) is 3.93. The van der Waals surface area contributed by atoms with Crippen molar-refractivity contribution in [3.63, 3.8) is 0 Å². The van der Waals surface area contributed by atoms with Crippen LogP contribution in [0.15, 0.2) is 71.8 Å². The number of ether oxygens (including phenoxy) is 1. The van der Waals surface area contributed by atoms with E-state index in [1.165, 1.54) is 7.11 Å². The van der Waals surface area contributed by atoms with Crippen molar-refractivity contribution in [1.29, 1.82) is 0 Å². The molecule has 0 spiro atoms. The number of hydrogen-bond donors (Lipinski definition) is 1. The average molecular weight is 361 g/mol. The third-order valence-corrected chi connectivity index (χ3v) is 4.44. The highest BCUT2D eigenvalue weighted by Gasteiger charge is 2.19. The van der Waals surface area contributed by atoms with E-state index in [0.29, 0.717) is 0 Å². The van der Waals surface area contributed by atoms with Crippen LogP contribution < -0.4 is 5.43 Å². The molecule has 0 radical (unpaired) electrons. The SMILES string of the molecule is CO[C@@H](C(=O)N/N=C\c1cc(C)n(-c2ccccc2)c1C)c1ccccc1. The number of nitrogens with one attached hydrogen (secondary N) is 1. The first-order chi connectivity index (χ1) is 13.1. The minimum atomic E-state index is -0.694. The molecule has 5 nitrogen and oxygen atoms in total. The van der Waals surface area contributed by atoms with Crippen LogP contribution in [0.25, 0.3) is 5.69 Å². The van der Waals surface area contributed by atoms with Crippen LogP contribution in [0.2, 0.25) is 0 Å². The molecule has 0 aliphatic heterocycles. The van der Waals surface area contributed by atoms with Crippen molar-refractivity contribution in [3.8, 4) is 5.69 Å². The monoisotopic (exact) mass is 361 g/mol. The van der Waals surface area contributed by atoms with E-state index < -0.39 is 6.10 Å². The van der Waals surface area contributed by atoms with Crippen molar-refractivity contribution in [2.24, 2.45) is 5.10 Å². The standard InChI is InChI=1S/C22H23N3O2/c1-16-14-19(17(2)25(16)20-12-8-5-9-13-20)15-23-24-22(26)21(27-3)18-10-6-4-7-11-18/h4-15,21H,1-3H3,(H,24,26)/b23-15-/t21-/m1/s1. The number of nitrogens with zero attached hydrogens (tertiary/aromatic N) is 2. The summed E-state index contributed by atoms with van der Waals surface area (Å²) in [7, 11) is 1.51. The molecule has 1 aromatic heterocycles. The molecule has 1 amide bonds. The third-order valence-electron chi connectivity index (χ3n) is 4.44. The number of carbonyl (C=O) groups is 1. The second-order valence-electron chi connectivity index (χ2n) is 6.26. The average Bonchev–Trinajstić information content (AvgIpc) is 2.97. The number of hydrazone groups is 1. The summed E-state index contributed by atoms with van der Waals surface area (Å²) in [5.41, 5.74) is 7.57. The highest BCUT2D eigenvalue weighted by molar-refractivity contribution is 5.86. The first-order valence-corrected chi connectivity index (χ1v) is 8.77. The van der Waals surface area contributed by atoms with Gasteiger partial charge in [0.25, 0.3) is 5.91 Å². The summed E-state index contributed by atoms with van der Waals surface area (Å²) >= 11 is 0. The Bertz CT molecular complexity index is 931. The number of carbonyl (C=O) groups excluding carboxylic acids is 1.